The molecule has 1 aromatic rings. The Balaban J connectivity index is 2.53. The lowest BCUT2D eigenvalue weighted by atomic mass is 10.1. The van der Waals surface area contributed by atoms with E-state index < -0.39 is 11.6 Å². The van der Waals surface area contributed by atoms with Crippen LogP contribution in [0.25, 0.3) is 6.08 Å². The van der Waals surface area contributed by atoms with Crippen molar-refractivity contribution in [3.8, 4) is 0 Å². The molecule has 0 spiro atoms. The molecular formula is C12H13F2NO. The highest BCUT2D eigenvalue weighted by Gasteiger charge is 2.03. The number of halogens is 2. The Morgan fingerprint density at radius 1 is 1.38 bits per heavy atom. The summed E-state index contributed by atoms with van der Waals surface area (Å²) < 4.78 is 26.3. The number of rotatable bonds is 4. The van der Waals surface area contributed by atoms with Gasteiger partial charge in [0.05, 0.1) is 0 Å². The normalized spacial score (nSPS) is 10.7. The summed E-state index contributed by atoms with van der Waals surface area (Å²) in [7, 11) is 0. The number of carbonyl (C=O) groups excluding carboxylic acids is 1. The third-order valence-corrected chi connectivity index (χ3v) is 1.97. The van der Waals surface area contributed by atoms with E-state index in [1.54, 1.807) is 6.08 Å². The maximum atomic E-state index is 13.1. The van der Waals surface area contributed by atoms with Gasteiger partial charge in [-0.05, 0) is 18.6 Å². The van der Waals surface area contributed by atoms with E-state index in [0.717, 1.165) is 0 Å². The first-order valence-corrected chi connectivity index (χ1v) is 4.96. The molecule has 0 unspecified atom stereocenters. The molecule has 0 bridgehead atoms. The van der Waals surface area contributed by atoms with Gasteiger partial charge in [0.2, 0.25) is 5.91 Å². The lowest BCUT2D eigenvalue weighted by Gasteiger charge is -1.99. The van der Waals surface area contributed by atoms with Crippen LogP contribution in [0.1, 0.15) is 18.9 Å². The lowest BCUT2D eigenvalue weighted by Crippen LogP contribution is -2.20. The van der Waals surface area contributed by atoms with Gasteiger partial charge in [0.25, 0.3) is 0 Å². The second-order valence-electron chi connectivity index (χ2n) is 3.31. The summed E-state index contributed by atoms with van der Waals surface area (Å²) in [6.45, 7) is 1.88. The van der Waals surface area contributed by atoms with Crippen LogP contribution >= 0.6 is 0 Å². The summed E-state index contributed by atoms with van der Waals surface area (Å²) in [5, 5.41) is 2.58. The van der Waals surface area contributed by atoms with E-state index in [9.17, 15) is 13.6 Å². The summed E-state index contributed by atoms with van der Waals surface area (Å²) in [6.07, 6.45) is 3.54. The van der Waals surface area contributed by atoms with Gasteiger partial charge in [-0.2, -0.15) is 0 Å². The van der Waals surface area contributed by atoms with Crippen LogP contribution in [0.4, 0.5) is 8.78 Å². The minimum atomic E-state index is -0.587. The number of hydrogen-bond acceptors (Lipinski definition) is 1. The van der Waals surface area contributed by atoms with Crippen LogP contribution in [0.2, 0.25) is 0 Å². The van der Waals surface area contributed by atoms with Gasteiger partial charge >= 0.3 is 0 Å². The average molecular weight is 225 g/mol. The van der Waals surface area contributed by atoms with E-state index in [-0.39, 0.29) is 11.5 Å². The van der Waals surface area contributed by atoms with Crippen molar-refractivity contribution in [2.45, 2.75) is 13.3 Å². The molecule has 2 nitrogen and oxygen atoms in total. The summed E-state index contributed by atoms with van der Waals surface area (Å²) in [6, 6.07) is 3.73. The summed E-state index contributed by atoms with van der Waals surface area (Å²) in [5.41, 5.74) is -0.0506. The van der Waals surface area contributed by atoms with E-state index in [2.05, 4.69) is 5.32 Å². The molecule has 0 aliphatic carbocycles. The molecular weight excluding hydrogens is 212 g/mol. The van der Waals surface area contributed by atoms with Crippen molar-refractivity contribution in [1.29, 1.82) is 0 Å². The van der Waals surface area contributed by atoms with E-state index in [1.807, 2.05) is 0 Å². The maximum absolute atomic E-state index is 13.1. The first-order valence-electron chi connectivity index (χ1n) is 4.96. The molecule has 0 saturated heterocycles. The predicted molar refractivity (Wildman–Crippen MR) is 58.7 cm³/mol. The fourth-order valence-corrected chi connectivity index (χ4v) is 1.20. The standard InChI is InChI=1S/C12H13F2NO/c1-9(16)15-8-3-2-5-10-11(13)6-4-7-12(10)14/h2,4-7H,3,8H2,1H3,(H,15,16). The summed E-state index contributed by atoms with van der Waals surface area (Å²) in [4.78, 5) is 10.5. The first-order chi connectivity index (χ1) is 7.61. The molecule has 0 atom stereocenters. The maximum Gasteiger partial charge on any atom is 0.216 e. The predicted octanol–water partition coefficient (Wildman–Crippen LogP) is 2.50. The highest BCUT2D eigenvalue weighted by atomic mass is 19.1. The van der Waals surface area contributed by atoms with E-state index >= 15 is 0 Å². The van der Waals surface area contributed by atoms with Crippen LogP contribution in [0.5, 0.6) is 0 Å². The van der Waals surface area contributed by atoms with Crippen molar-refractivity contribution in [1.82, 2.24) is 5.32 Å². The highest BCUT2D eigenvalue weighted by Crippen LogP contribution is 2.13. The van der Waals surface area contributed by atoms with E-state index in [0.29, 0.717) is 13.0 Å². The molecule has 86 valence electrons. The van der Waals surface area contributed by atoms with Crippen LogP contribution in [-0.4, -0.2) is 12.5 Å². The van der Waals surface area contributed by atoms with Gasteiger partial charge in [-0.3, -0.25) is 4.79 Å². The molecule has 0 aliphatic rings. The van der Waals surface area contributed by atoms with E-state index in [4.69, 9.17) is 0 Å². The lowest BCUT2D eigenvalue weighted by molar-refractivity contribution is -0.118. The number of hydrogen-bond donors (Lipinski definition) is 1. The fourth-order valence-electron chi connectivity index (χ4n) is 1.20. The Bertz CT molecular complexity index is 382. The smallest absolute Gasteiger partial charge is 0.216 e. The summed E-state index contributed by atoms with van der Waals surface area (Å²) >= 11 is 0. The molecule has 1 amide bonds. The number of nitrogens with one attached hydrogen (secondary N) is 1. The Labute approximate surface area is 93.0 Å². The SMILES string of the molecule is CC(=O)NCCC=Cc1c(F)cccc1F. The quantitative estimate of drug-likeness (QED) is 0.784. The largest absolute Gasteiger partial charge is 0.356 e. The molecule has 1 N–H and O–H groups in total. The van der Waals surface area contributed by atoms with Gasteiger partial charge in [0.1, 0.15) is 11.6 Å². The second-order valence-corrected chi connectivity index (χ2v) is 3.31. The molecule has 0 fully saturated rings. The molecule has 1 rings (SSSR count). The summed E-state index contributed by atoms with van der Waals surface area (Å²) in [5.74, 6) is -1.29. The van der Waals surface area contributed by atoms with Crippen LogP contribution in [0.15, 0.2) is 24.3 Å². The average Bonchev–Trinajstić information content (AvgIpc) is 2.21. The molecule has 0 aliphatic heterocycles. The Morgan fingerprint density at radius 2 is 2.00 bits per heavy atom. The Kier molecular flexibility index (Phi) is 4.64. The zero-order chi connectivity index (χ0) is 12.0. The molecule has 0 saturated carbocycles. The third kappa shape index (κ3) is 3.81. The zero-order valence-electron chi connectivity index (χ0n) is 8.97. The molecule has 16 heavy (non-hydrogen) atoms. The zero-order valence-corrected chi connectivity index (χ0v) is 8.97. The Hall–Kier alpha value is -1.71. The van der Waals surface area contributed by atoms with Gasteiger partial charge in [-0.15, -0.1) is 0 Å². The molecule has 0 aromatic heterocycles. The molecule has 4 heteroatoms. The molecule has 0 radical (unpaired) electrons. The van der Waals surface area contributed by atoms with E-state index in [1.165, 1.54) is 31.2 Å². The molecule has 1 aromatic carbocycles. The topological polar surface area (TPSA) is 29.1 Å². The Morgan fingerprint density at radius 3 is 2.56 bits per heavy atom. The first kappa shape index (κ1) is 12.4. The fraction of sp³-hybridized carbons (Fsp3) is 0.250. The number of benzene rings is 1. The van der Waals surface area contributed by atoms with Gasteiger partial charge in [0, 0.05) is 19.0 Å². The van der Waals surface area contributed by atoms with Crippen LogP contribution < -0.4 is 5.32 Å². The van der Waals surface area contributed by atoms with Gasteiger partial charge < -0.3 is 5.32 Å². The van der Waals surface area contributed by atoms with Crippen molar-refractivity contribution in [2.75, 3.05) is 6.54 Å². The third-order valence-electron chi connectivity index (χ3n) is 1.97. The van der Waals surface area contributed by atoms with Crippen molar-refractivity contribution < 1.29 is 13.6 Å². The van der Waals surface area contributed by atoms with Gasteiger partial charge in [-0.1, -0.05) is 18.2 Å². The number of carbonyl (C=O) groups is 1. The van der Waals surface area contributed by atoms with Crippen molar-refractivity contribution in [3.05, 3.63) is 41.5 Å². The van der Waals surface area contributed by atoms with Crippen molar-refractivity contribution in [3.63, 3.8) is 0 Å². The minimum Gasteiger partial charge on any atom is -0.356 e. The number of amides is 1. The highest BCUT2D eigenvalue weighted by molar-refractivity contribution is 5.72. The van der Waals surface area contributed by atoms with Crippen molar-refractivity contribution in [2.24, 2.45) is 0 Å². The van der Waals surface area contributed by atoms with Crippen LogP contribution in [0, 0.1) is 11.6 Å². The molecule has 0 heterocycles. The van der Waals surface area contributed by atoms with Gasteiger partial charge in [0.15, 0.2) is 0 Å². The van der Waals surface area contributed by atoms with Gasteiger partial charge in [-0.25, -0.2) is 8.78 Å². The monoisotopic (exact) mass is 225 g/mol. The second kappa shape index (κ2) is 6.00. The van der Waals surface area contributed by atoms with Crippen molar-refractivity contribution >= 4 is 12.0 Å². The van der Waals surface area contributed by atoms with Crippen LogP contribution in [-0.2, 0) is 4.79 Å². The van der Waals surface area contributed by atoms with Crippen LogP contribution in [0.3, 0.4) is 0 Å². The minimum absolute atomic E-state index is 0.0506.